The molecule has 3 rings (SSSR count). The minimum atomic E-state index is -0.175. The van der Waals surface area contributed by atoms with Gasteiger partial charge in [-0.15, -0.1) is 0 Å². The first kappa shape index (κ1) is 12.0. The van der Waals surface area contributed by atoms with Crippen molar-refractivity contribution < 1.29 is 30.7 Å². The van der Waals surface area contributed by atoms with Gasteiger partial charge in [0, 0.05) is 0 Å². The van der Waals surface area contributed by atoms with E-state index in [-0.39, 0.29) is 5.97 Å². The minimum absolute atomic E-state index is 0.175. The van der Waals surface area contributed by atoms with Crippen molar-refractivity contribution in [2.45, 2.75) is 23.2 Å². The first-order valence-electron chi connectivity index (χ1n) is 5.72. The van der Waals surface area contributed by atoms with E-state index in [1.807, 2.05) is 6.07 Å². The molecule has 1 fully saturated rings. The molecule has 92 valence electrons. The fraction of sp³-hybridized carbons (Fsp3) is 0.462. The molecule has 1 aromatic carbocycles. The van der Waals surface area contributed by atoms with E-state index in [0.717, 1.165) is 22.9 Å². The number of carbonyl (C=O) groups is 1. The molecule has 0 N–H and O–H groups in total. The van der Waals surface area contributed by atoms with Gasteiger partial charge >= 0.3 is 120 Å². The molecule has 4 heteroatoms. The summed E-state index contributed by atoms with van der Waals surface area (Å²) in [5, 5.41) is 0. The van der Waals surface area contributed by atoms with Crippen molar-refractivity contribution in [2.75, 3.05) is 11.5 Å². The molecule has 2 aliphatic rings. The van der Waals surface area contributed by atoms with Gasteiger partial charge in [-0.3, -0.25) is 0 Å². The summed E-state index contributed by atoms with van der Waals surface area (Å²) in [5.74, 6) is -0.175. The molecular weight excluding hydrogens is 395 g/mol. The fourth-order valence-corrected chi connectivity index (χ4v) is 5.11. The van der Waals surface area contributed by atoms with Crippen molar-refractivity contribution in [3.05, 3.63) is 32.8 Å². The summed E-state index contributed by atoms with van der Waals surface area (Å²) in [6.07, 6.45) is 3.50. The number of carbonyl (C=O) groups excluding carboxylic acids is 1. The Hall–Kier alpha value is -0.100. The van der Waals surface area contributed by atoms with Crippen LogP contribution < -0.4 is 21.2 Å². The van der Waals surface area contributed by atoms with E-state index in [1.165, 1.54) is 34.6 Å². The van der Waals surface area contributed by atoms with Crippen molar-refractivity contribution >= 4 is 21.9 Å². The van der Waals surface area contributed by atoms with E-state index in [2.05, 4.69) is 15.9 Å². The van der Waals surface area contributed by atoms with Gasteiger partial charge in [0.1, 0.15) is 0 Å². The van der Waals surface area contributed by atoms with Crippen LogP contribution in [0.2, 0.25) is 0 Å². The molecule has 1 aromatic rings. The van der Waals surface area contributed by atoms with Crippen LogP contribution in [0.25, 0.3) is 0 Å². The molecule has 1 aliphatic heterocycles. The molecule has 0 radical (unpaired) electrons. The van der Waals surface area contributed by atoms with Crippen molar-refractivity contribution in [3.8, 4) is 0 Å². The maximum atomic E-state index is 11.9. The van der Waals surface area contributed by atoms with Crippen LogP contribution in [0.5, 0.6) is 0 Å². The van der Waals surface area contributed by atoms with Gasteiger partial charge in [0.15, 0.2) is 0 Å². The first-order valence-corrected chi connectivity index (χ1v) is 9.29. The SMILES string of the molecule is COC(=O)c1cc(Br)c2c(c1C1C[I-]1)CCC2. The average molecular weight is 408 g/mol. The van der Waals surface area contributed by atoms with Crippen LogP contribution in [-0.4, -0.2) is 17.5 Å². The summed E-state index contributed by atoms with van der Waals surface area (Å²) in [7, 11) is 1.47. The molecule has 0 aromatic heterocycles. The molecule has 1 unspecified atom stereocenters. The maximum absolute atomic E-state index is 11.9. The van der Waals surface area contributed by atoms with E-state index in [4.69, 9.17) is 4.74 Å². The number of methoxy groups -OCH3 is 1. The van der Waals surface area contributed by atoms with Gasteiger partial charge in [-0.2, -0.15) is 0 Å². The summed E-state index contributed by atoms with van der Waals surface area (Å²) in [6.45, 7) is 0. The number of alkyl halides is 2. The summed E-state index contributed by atoms with van der Waals surface area (Å²) < 4.78 is 8.05. The molecule has 1 heterocycles. The summed E-state index contributed by atoms with van der Waals surface area (Å²) in [4.78, 5) is 11.9. The van der Waals surface area contributed by atoms with Crippen LogP contribution in [0.4, 0.5) is 0 Å². The summed E-state index contributed by atoms with van der Waals surface area (Å²) in [6, 6.07) is 1.98. The molecule has 17 heavy (non-hydrogen) atoms. The zero-order valence-corrected chi connectivity index (χ0v) is 13.3. The van der Waals surface area contributed by atoms with E-state index in [9.17, 15) is 4.79 Å². The number of rotatable bonds is 2. The van der Waals surface area contributed by atoms with Crippen LogP contribution in [0.1, 0.15) is 37.4 Å². The van der Waals surface area contributed by atoms with Crippen LogP contribution in [0.15, 0.2) is 10.5 Å². The standard InChI is InChI=1S/C13H13BrIO2/c1-17-13(16)9-5-10(14)7-3-2-4-8(7)12(9)11-6-15-11/h5,11H,2-4,6H2,1H3/q-1. The average Bonchev–Trinajstić information content (AvgIpc) is 3.04. The summed E-state index contributed by atoms with van der Waals surface area (Å²) >= 11 is 3.91. The Morgan fingerprint density at radius 2 is 2.18 bits per heavy atom. The molecule has 0 bridgehead atoms. The zero-order chi connectivity index (χ0) is 12.0. The topological polar surface area (TPSA) is 26.3 Å². The van der Waals surface area contributed by atoms with Gasteiger partial charge in [0.05, 0.1) is 0 Å². The predicted molar refractivity (Wildman–Crippen MR) is 65.1 cm³/mol. The Kier molecular flexibility index (Phi) is 3.19. The van der Waals surface area contributed by atoms with Crippen molar-refractivity contribution in [3.63, 3.8) is 0 Å². The van der Waals surface area contributed by atoms with E-state index >= 15 is 0 Å². The Balaban J connectivity index is 2.20. The number of halogens is 2. The molecule has 1 aliphatic carbocycles. The van der Waals surface area contributed by atoms with Crippen LogP contribution in [0, 0.1) is 0 Å². The van der Waals surface area contributed by atoms with Crippen LogP contribution >= 0.6 is 15.9 Å². The third-order valence-corrected chi connectivity index (χ3v) is 6.51. The second-order valence-electron chi connectivity index (χ2n) is 4.40. The number of fused-ring (bicyclic) bond motifs is 1. The van der Waals surface area contributed by atoms with Gasteiger partial charge in [-0.1, -0.05) is 0 Å². The quantitative estimate of drug-likeness (QED) is 0.388. The number of hydrogen-bond acceptors (Lipinski definition) is 2. The number of benzene rings is 1. The number of hydrogen-bond donors (Lipinski definition) is 0. The molecule has 1 atom stereocenters. The third-order valence-electron chi connectivity index (χ3n) is 3.42. The monoisotopic (exact) mass is 407 g/mol. The Morgan fingerprint density at radius 1 is 1.47 bits per heavy atom. The zero-order valence-electron chi connectivity index (χ0n) is 9.56. The molecule has 2 nitrogen and oxygen atoms in total. The normalized spacial score (nSPS) is 21.6. The number of esters is 1. The molecule has 0 saturated carbocycles. The van der Waals surface area contributed by atoms with Gasteiger partial charge in [0.2, 0.25) is 0 Å². The van der Waals surface area contributed by atoms with E-state index < -0.39 is 0 Å². The second kappa shape index (κ2) is 4.53. The van der Waals surface area contributed by atoms with Gasteiger partial charge in [-0.25, -0.2) is 0 Å². The molecular formula is C13H13BrIO2-. The second-order valence-corrected chi connectivity index (χ2v) is 8.52. The molecule has 0 amide bonds. The van der Waals surface area contributed by atoms with Gasteiger partial charge < -0.3 is 0 Å². The van der Waals surface area contributed by atoms with Gasteiger partial charge in [0.25, 0.3) is 0 Å². The van der Waals surface area contributed by atoms with E-state index in [1.54, 1.807) is 0 Å². The van der Waals surface area contributed by atoms with E-state index in [0.29, 0.717) is 25.1 Å². The Morgan fingerprint density at radius 3 is 2.82 bits per heavy atom. The van der Waals surface area contributed by atoms with Crippen LogP contribution in [0.3, 0.4) is 0 Å². The third kappa shape index (κ3) is 2.03. The Bertz CT molecular complexity index is 495. The molecule has 0 spiro atoms. The van der Waals surface area contributed by atoms with Crippen LogP contribution in [-0.2, 0) is 17.6 Å². The fourth-order valence-electron chi connectivity index (χ4n) is 2.59. The van der Waals surface area contributed by atoms with Gasteiger partial charge in [-0.05, 0) is 0 Å². The van der Waals surface area contributed by atoms with Crippen molar-refractivity contribution in [1.29, 1.82) is 0 Å². The number of ether oxygens (including phenoxy) is 1. The van der Waals surface area contributed by atoms with Crippen molar-refractivity contribution in [1.82, 2.24) is 0 Å². The summed E-state index contributed by atoms with van der Waals surface area (Å²) in [5.41, 5.74) is 5.02. The van der Waals surface area contributed by atoms with Crippen molar-refractivity contribution in [2.24, 2.45) is 0 Å². The Labute approximate surface area is 120 Å². The molecule has 1 saturated heterocycles. The predicted octanol–water partition coefficient (Wildman–Crippen LogP) is -0.132. The first-order chi connectivity index (χ1) is 8.22.